The van der Waals surface area contributed by atoms with E-state index >= 15 is 0 Å². The maximum atomic E-state index is 11.5. The number of hydrogen-bond donors (Lipinski definition) is 3. The second kappa shape index (κ2) is 7.26. The molecule has 0 heterocycles. The van der Waals surface area contributed by atoms with Crippen molar-refractivity contribution >= 4 is 29.1 Å². The second-order valence-electron chi connectivity index (χ2n) is 5.82. The van der Waals surface area contributed by atoms with E-state index in [0.717, 1.165) is 23.2 Å². The first-order valence-electron chi connectivity index (χ1n) is 6.80. The molecule has 0 aliphatic rings. The number of alkyl carbamates (subject to hydrolysis) is 1. The Morgan fingerprint density at radius 1 is 1.38 bits per heavy atom. The van der Waals surface area contributed by atoms with Crippen molar-refractivity contribution in [3.05, 3.63) is 29.3 Å². The first kappa shape index (κ1) is 17.2. The zero-order valence-electron chi connectivity index (χ0n) is 12.9. The molecule has 0 atom stereocenters. The van der Waals surface area contributed by atoms with E-state index in [9.17, 15) is 4.79 Å². The average molecular weight is 309 g/mol. The van der Waals surface area contributed by atoms with Crippen LogP contribution >= 0.6 is 12.2 Å². The number of benzene rings is 1. The number of nitrogens with two attached hydrogens (primary N) is 1. The Labute approximate surface area is 131 Å². The minimum absolute atomic E-state index is 0.248. The molecule has 0 aliphatic heterocycles. The molecule has 0 bridgehead atoms. The van der Waals surface area contributed by atoms with E-state index in [1.807, 2.05) is 45.9 Å². The zero-order chi connectivity index (χ0) is 16.0. The van der Waals surface area contributed by atoms with E-state index in [1.54, 1.807) is 0 Å². The summed E-state index contributed by atoms with van der Waals surface area (Å²) in [4.78, 5) is 11.5. The molecule has 0 saturated heterocycles. The number of hydrogen-bond acceptors (Lipinski definition) is 3. The molecule has 0 aliphatic carbocycles. The summed E-state index contributed by atoms with van der Waals surface area (Å²) in [6.07, 6.45) is 0.332. The van der Waals surface area contributed by atoms with Crippen molar-refractivity contribution in [2.24, 2.45) is 5.73 Å². The Hall–Kier alpha value is -1.82. The van der Waals surface area contributed by atoms with Crippen molar-refractivity contribution in [2.75, 3.05) is 11.9 Å². The van der Waals surface area contributed by atoms with Crippen molar-refractivity contribution in [1.29, 1.82) is 0 Å². The molecular formula is C15H23N3O2S. The van der Waals surface area contributed by atoms with Gasteiger partial charge in [-0.25, -0.2) is 4.79 Å². The summed E-state index contributed by atoms with van der Waals surface area (Å²) >= 11 is 4.82. The van der Waals surface area contributed by atoms with Crippen LogP contribution in [0.3, 0.4) is 0 Å². The lowest BCUT2D eigenvalue weighted by Gasteiger charge is -2.19. The standard InChI is InChI=1S/C15H23N3O2S/c1-10-9-11(5-6-12(10)18-13(16)21)7-8-17-14(19)20-15(2,3)4/h5-6,9H,7-8H2,1-4H3,(H,17,19)(H3,16,18,21). The summed E-state index contributed by atoms with van der Waals surface area (Å²) in [7, 11) is 0. The summed E-state index contributed by atoms with van der Waals surface area (Å²) in [6.45, 7) is 8.01. The zero-order valence-corrected chi connectivity index (χ0v) is 13.8. The van der Waals surface area contributed by atoms with Crippen molar-refractivity contribution in [3.63, 3.8) is 0 Å². The van der Waals surface area contributed by atoms with Crippen LogP contribution in [0.1, 0.15) is 31.9 Å². The van der Waals surface area contributed by atoms with Gasteiger partial charge < -0.3 is 21.1 Å². The average Bonchev–Trinajstić information content (AvgIpc) is 2.29. The molecule has 0 unspecified atom stereocenters. The number of aryl methyl sites for hydroxylation is 1. The number of nitrogens with one attached hydrogen (secondary N) is 2. The quantitative estimate of drug-likeness (QED) is 0.746. The van der Waals surface area contributed by atoms with Gasteiger partial charge >= 0.3 is 6.09 Å². The van der Waals surface area contributed by atoms with Crippen LogP contribution in [0.25, 0.3) is 0 Å². The van der Waals surface area contributed by atoms with Crippen LogP contribution in [-0.2, 0) is 11.2 Å². The molecule has 0 spiro atoms. The molecule has 1 amide bonds. The van der Waals surface area contributed by atoms with Crippen LogP contribution in [0.15, 0.2) is 18.2 Å². The van der Waals surface area contributed by atoms with Crippen LogP contribution in [0, 0.1) is 6.92 Å². The fraction of sp³-hybridized carbons (Fsp3) is 0.467. The van der Waals surface area contributed by atoms with Crippen LogP contribution in [0.4, 0.5) is 10.5 Å². The molecule has 116 valence electrons. The minimum atomic E-state index is -0.478. The summed E-state index contributed by atoms with van der Waals surface area (Å²) in [5, 5.41) is 5.90. The SMILES string of the molecule is Cc1cc(CCNC(=O)OC(C)(C)C)ccc1NC(N)=S. The summed E-state index contributed by atoms with van der Waals surface area (Å²) < 4.78 is 5.17. The van der Waals surface area contributed by atoms with Gasteiger partial charge in [0.05, 0.1) is 0 Å². The predicted molar refractivity (Wildman–Crippen MR) is 89.5 cm³/mol. The van der Waals surface area contributed by atoms with Gasteiger partial charge in [0.15, 0.2) is 5.11 Å². The first-order valence-corrected chi connectivity index (χ1v) is 7.21. The van der Waals surface area contributed by atoms with E-state index < -0.39 is 11.7 Å². The Balaban J connectivity index is 2.48. The molecule has 1 aromatic carbocycles. The van der Waals surface area contributed by atoms with Gasteiger partial charge in [0.2, 0.25) is 0 Å². The monoisotopic (exact) mass is 309 g/mol. The minimum Gasteiger partial charge on any atom is -0.444 e. The number of amides is 1. The van der Waals surface area contributed by atoms with Gasteiger partial charge in [0, 0.05) is 12.2 Å². The summed E-state index contributed by atoms with van der Waals surface area (Å²) in [5.74, 6) is 0. The van der Waals surface area contributed by atoms with Crippen LogP contribution in [0.5, 0.6) is 0 Å². The topological polar surface area (TPSA) is 76.4 Å². The van der Waals surface area contributed by atoms with E-state index in [4.69, 9.17) is 22.7 Å². The highest BCUT2D eigenvalue weighted by atomic mass is 32.1. The maximum absolute atomic E-state index is 11.5. The van der Waals surface area contributed by atoms with Crippen LogP contribution in [-0.4, -0.2) is 23.4 Å². The maximum Gasteiger partial charge on any atom is 0.407 e. The van der Waals surface area contributed by atoms with Gasteiger partial charge in [-0.15, -0.1) is 0 Å². The molecule has 5 nitrogen and oxygen atoms in total. The van der Waals surface area contributed by atoms with Gasteiger partial charge in [-0.3, -0.25) is 0 Å². The Morgan fingerprint density at radius 3 is 2.57 bits per heavy atom. The normalized spacial score (nSPS) is 10.9. The second-order valence-corrected chi connectivity index (χ2v) is 6.26. The smallest absolute Gasteiger partial charge is 0.407 e. The Kier molecular flexibility index (Phi) is 5.96. The van der Waals surface area contributed by atoms with Crippen molar-refractivity contribution in [2.45, 2.75) is 39.7 Å². The number of anilines is 1. The third-order valence-electron chi connectivity index (χ3n) is 2.63. The lowest BCUT2D eigenvalue weighted by molar-refractivity contribution is 0.0528. The van der Waals surface area contributed by atoms with Gasteiger partial charge in [0.25, 0.3) is 0 Å². The van der Waals surface area contributed by atoms with E-state index in [-0.39, 0.29) is 5.11 Å². The molecule has 0 aromatic heterocycles. The molecule has 0 radical (unpaired) electrons. The van der Waals surface area contributed by atoms with E-state index in [1.165, 1.54) is 0 Å². The fourth-order valence-corrected chi connectivity index (χ4v) is 1.89. The van der Waals surface area contributed by atoms with Gasteiger partial charge in [-0.05, 0) is 63.5 Å². The molecule has 0 saturated carbocycles. The number of rotatable bonds is 4. The fourth-order valence-electron chi connectivity index (χ4n) is 1.78. The third-order valence-corrected chi connectivity index (χ3v) is 2.73. The number of carbonyl (C=O) groups is 1. The van der Waals surface area contributed by atoms with Crippen molar-refractivity contribution in [1.82, 2.24) is 5.32 Å². The van der Waals surface area contributed by atoms with Crippen molar-refractivity contribution in [3.8, 4) is 0 Å². The molecule has 4 N–H and O–H groups in total. The number of thiocarbonyl (C=S) groups is 1. The summed E-state index contributed by atoms with van der Waals surface area (Å²) in [5.41, 5.74) is 8.05. The highest BCUT2D eigenvalue weighted by Gasteiger charge is 2.15. The molecule has 21 heavy (non-hydrogen) atoms. The van der Waals surface area contributed by atoms with E-state index in [2.05, 4.69) is 10.6 Å². The summed E-state index contributed by atoms with van der Waals surface area (Å²) in [6, 6.07) is 5.94. The number of ether oxygens (including phenoxy) is 1. The van der Waals surface area contributed by atoms with Crippen molar-refractivity contribution < 1.29 is 9.53 Å². The molecule has 1 rings (SSSR count). The largest absolute Gasteiger partial charge is 0.444 e. The van der Waals surface area contributed by atoms with Gasteiger partial charge in [-0.2, -0.15) is 0 Å². The van der Waals surface area contributed by atoms with Gasteiger partial charge in [0.1, 0.15) is 5.60 Å². The predicted octanol–water partition coefficient (Wildman–Crippen LogP) is 2.72. The first-order chi connectivity index (χ1) is 9.67. The van der Waals surface area contributed by atoms with Crippen LogP contribution < -0.4 is 16.4 Å². The highest BCUT2D eigenvalue weighted by molar-refractivity contribution is 7.80. The van der Waals surface area contributed by atoms with Gasteiger partial charge in [-0.1, -0.05) is 12.1 Å². The Morgan fingerprint density at radius 2 is 2.05 bits per heavy atom. The Bertz CT molecular complexity index is 524. The molecule has 0 fully saturated rings. The number of carbonyl (C=O) groups excluding carboxylic acids is 1. The lowest BCUT2D eigenvalue weighted by atomic mass is 10.1. The molecule has 1 aromatic rings. The molecular weight excluding hydrogens is 286 g/mol. The molecule has 6 heteroatoms. The lowest BCUT2D eigenvalue weighted by Crippen LogP contribution is -2.33. The van der Waals surface area contributed by atoms with E-state index in [0.29, 0.717) is 6.54 Å². The van der Waals surface area contributed by atoms with Crippen LogP contribution in [0.2, 0.25) is 0 Å². The third kappa shape index (κ3) is 6.94. The highest BCUT2D eigenvalue weighted by Crippen LogP contribution is 2.16.